The Kier molecular flexibility index (Phi) is 3.02. The zero-order chi connectivity index (χ0) is 10.7. The van der Waals surface area contributed by atoms with Crippen LogP contribution in [-0.4, -0.2) is 22.6 Å². The molecule has 1 saturated carbocycles. The maximum absolute atomic E-state index is 8.59. The van der Waals surface area contributed by atoms with Crippen LogP contribution in [0.15, 0.2) is 12.5 Å². The predicted molar refractivity (Wildman–Crippen MR) is 57.6 cm³/mol. The molecule has 0 unspecified atom stereocenters. The third-order valence-corrected chi connectivity index (χ3v) is 2.64. The van der Waals surface area contributed by atoms with Crippen LogP contribution < -0.4 is 4.90 Å². The van der Waals surface area contributed by atoms with E-state index >= 15 is 0 Å². The van der Waals surface area contributed by atoms with Crippen molar-refractivity contribution in [3.05, 3.63) is 17.5 Å². The molecule has 4 nitrogen and oxygen atoms in total. The molecule has 0 aliphatic heterocycles. The molecule has 15 heavy (non-hydrogen) atoms. The van der Waals surface area contributed by atoms with Crippen molar-refractivity contribution in [3.8, 4) is 6.07 Å². The molecule has 0 bridgehead atoms. The quantitative estimate of drug-likeness (QED) is 0.782. The molecule has 1 heterocycles. The number of anilines is 1. The van der Waals surface area contributed by atoms with Gasteiger partial charge in [-0.05, 0) is 12.8 Å². The molecule has 1 fully saturated rings. The average Bonchev–Trinajstić information content (AvgIpc) is 3.05. The summed E-state index contributed by atoms with van der Waals surface area (Å²) in [7, 11) is 0. The summed E-state index contributed by atoms with van der Waals surface area (Å²) >= 11 is 6.02. The fourth-order valence-corrected chi connectivity index (χ4v) is 1.75. The van der Waals surface area contributed by atoms with Gasteiger partial charge in [0, 0.05) is 12.6 Å². The van der Waals surface area contributed by atoms with Crippen LogP contribution in [0.1, 0.15) is 19.3 Å². The first-order valence-corrected chi connectivity index (χ1v) is 5.30. The number of hydrogen-bond donors (Lipinski definition) is 0. The van der Waals surface area contributed by atoms with Gasteiger partial charge >= 0.3 is 0 Å². The predicted octanol–water partition coefficient (Wildman–Crippen LogP) is 2.01. The standard InChI is InChI=1S/C10H11ClN4/c11-9-6-13-7-14-10(9)15(5-1-4-12)8-2-3-8/h6-8H,1-3,5H2. The number of hydrogen-bond acceptors (Lipinski definition) is 4. The molecule has 5 heteroatoms. The van der Waals surface area contributed by atoms with Gasteiger partial charge in [0.25, 0.3) is 0 Å². The van der Waals surface area contributed by atoms with E-state index in [0.29, 0.717) is 24.0 Å². The van der Waals surface area contributed by atoms with Crippen LogP contribution in [0.3, 0.4) is 0 Å². The fraction of sp³-hybridized carbons (Fsp3) is 0.500. The number of rotatable bonds is 4. The van der Waals surface area contributed by atoms with Crippen LogP contribution in [0.2, 0.25) is 5.02 Å². The average molecular weight is 223 g/mol. The second-order valence-electron chi connectivity index (χ2n) is 3.53. The van der Waals surface area contributed by atoms with Crippen LogP contribution in [0.25, 0.3) is 0 Å². The molecule has 0 atom stereocenters. The summed E-state index contributed by atoms with van der Waals surface area (Å²) in [6.45, 7) is 0.692. The zero-order valence-corrected chi connectivity index (χ0v) is 8.98. The number of nitriles is 1. The molecule has 0 amide bonds. The number of halogens is 1. The van der Waals surface area contributed by atoms with Gasteiger partial charge in [-0.1, -0.05) is 11.6 Å². The summed E-state index contributed by atoms with van der Waals surface area (Å²) < 4.78 is 0. The Morgan fingerprint density at radius 3 is 3.00 bits per heavy atom. The highest BCUT2D eigenvalue weighted by atomic mass is 35.5. The van der Waals surface area contributed by atoms with Gasteiger partial charge in [0.1, 0.15) is 11.3 Å². The van der Waals surface area contributed by atoms with E-state index in [9.17, 15) is 0 Å². The van der Waals surface area contributed by atoms with Crippen molar-refractivity contribution in [1.29, 1.82) is 5.26 Å². The van der Waals surface area contributed by atoms with Crippen molar-refractivity contribution < 1.29 is 0 Å². The summed E-state index contributed by atoms with van der Waals surface area (Å²) in [6.07, 6.45) is 5.89. The molecule has 1 aliphatic carbocycles. The Morgan fingerprint density at radius 1 is 1.60 bits per heavy atom. The molecule has 1 aromatic heterocycles. The lowest BCUT2D eigenvalue weighted by molar-refractivity contribution is 0.775. The molecule has 0 saturated heterocycles. The van der Waals surface area contributed by atoms with Crippen molar-refractivity contribution in [2.75, 3.05) is 11.4 Å². The van der Waals surface area contributed by atoms with E-state index in [1.54, 1.807) is 6.20 Å². The maximum Gasteiger partial charge on any atom is 0.151 e. The smallest absolute Gasteiger partial charge is 0.151 e. The lowest BCUT2D eigenvalue weighted by Gasteiger charge is -2.22. The van der Waals surface area contributed by atoms with Crippen LogP contribution in [0.5, 0.6) is 0 Å². The van der Waals surface area contributed by atoms with Gasteiger partial charge in [0.05, 0.1) is 18.7 Å². The Labute approximate surface area is 93.5 Å². The van der Waals surface area contributed by atoms with Crippen molar-refractivity contribution in [2.24, 2.45) is 0 Å². The maximum atomic E-state index is 8.59. The Hall–Kier alpha value is -1.34. The Bertz CT molecular complexity index is 383. The lowest BCUT2D eigenvalue weighted by Crippen LogP contribution is -2.27. The van der Waals surface area contributed by atoms with E-state index in [-0.39, 0.29) is 0 Å². The third-order valence-electron chi connectivity index (χ3n) is 2.37. The summed E-state index contributed by atoms with van der Waals surface area (Å²) in [5.41, 5.74) is 0. The topological polar surface area (TPSA) is 52.8 Å². The van der Waals surface area contributed by atoms with E-state index in [1.807, 2.05) is 0 Å². The highest BCUT2D eigenvalue weighted by molar-refractivity contribution is 6.32. The Balaban J connectivity index is 2.17. The summed E-state index contributed by atoms with van der Waals surface area (Å²) in [5.74, 6) is 0.754. The van der Waals surface area contributed by atoms with Gasteiger partial charge in [-0.3, -0.25) is 0 Å². The van der Waals surface area contributed by atoms with E-state index in [0.717, 1.165) is 18.7 Å². The fourth-order valence-electron chi connectivity index (χ4n) is 1.54. The molecule has 2 rings (SSSR count). The minimum absolute atomic E-state index is 0.497. The highest BCUT2D eigenvalue weighted by Gasteiger charge is 2.30. The van der Waals surface area contributed by atoms with Crippen LogP contribution in [0.4, 0.5) is 5.82 Å². The summed E-state index contributed by atoms with van der Waals surface area (Å²) in [4.78, 5) is 10.1. The monoisotopic (exact) mass is 222 g/mol. The van der Waals surface area contributed by atoms with Gasteiger partial charge in [-0.25, -0.2) is 9.97 Å². The second kappa shape index (κ2) is 4.45. The molecule has 0 radical (unpaired) electrons. The van der Waals surface area contributed by atoms with Gasteiger partial charge < -0.3 is 4.90 Å². The first-order valence-electron chi connectivity index (χ1n) is 4.92. The summed E-state index contributed by atoms with van der Waals surface area (Å²) in [5, 5.41) is 9.15. The molecule has 0 aromatic carbocycles. The lowest BCUT2D eigenvalue weighted by atomic mass is 10.3. The Morgan fingerprint density at radius 2 is 2.40 bits per heavy atom. The zero-order valence-electron chi connectivity index (χ0n) is 8.23. The minimum Gasteiger partial charge on any atom is -0.351 e. The van der Waals surface area contributed by atoms with Crippen molar-refractivity contribution in [3.63, 3.8) is 0 Å². The minimum atomic E-state index is 0.497. The van der Waals surface area contributed by atoms with Crippen LogP contribution in [0, 0.1) is 11.3 Å². The molecular weight excluding hydrogens is 212 g/mol. The molecular formula is C10H11ClN4. The third kappa shape index (κ3) is 2.37. The van der Waals surface area contributed by atoms with Crippen LogP contribution >= 0.6 is 11.6 Å². The van der Waals surface area contributed by atoms with Gasteiger partial charge in [-0.15, -0.1) is 0 Å². The second-order valence-corrected chi connectivity index (χ2v) is 3.93. The molecule has 78 valence electrons. The first kappa shape index (κ1) is 10.2. The van der Waals surface area contributed by atoms with E-state index in [2.05, 4.69) is 20.9 Å². The number of aromatic nitrogens is 2. The van der Waals surface area contributed by atoms with Gasteiger partial charge in [-0.2, -0.15) is 5.26 Å². The largest absolute Gasteiger partial charge is 0.351 e. The molecule has 1 aliphatic rings. The van der Waals surface area contributed by atoms with Gasteiger partial charge in [0.2, 0.25) is 0 Å². The van der Waals surface area contributed by atoms with E-state index in [1.165, 1.54) is 6.33 Å². The number of nitrogens with zero attached hydrogens (tertiary/aromatic N) is 4. The SMILES string of the molecule is N#CCCN(c1ncncc1Cl)C1CC1. The van der Waals surface area contributed by atoms with Crippen molar-refractivity contribution in [1.82, 2.24) is 9.97 Å². The molecule has 0 N–H and O–H groups in total. The first-order chi connectivity index (χ1) is 7.33. The van der Waals surface area contributed by atoms with E-state index in [4.69, 9.17) is 16.9 Å². The summed E-state index contributed by atoms with van der Waals surface area (Å²) in [6, 6.07) is 2.65. The van der Waals surface area contributed by atoms with Crippen LogP contribution in [-0.2, 0) is 0 Å². The van der Waals surface area contributed by atoms with E-state index < -0.39 is 0 Å². The molecule has 0 spiro atoms. The normalized spacial score (nSPS) is 14.7. The van der Waals surface area contributed by atoms with Gasteiger partial charge in [0.15, 0.2) is 5.82 Å². The molecule has 1 aromatic rings. The van der Waals surface area contributed by atoms with Crippen molar-refractivity contribution >= 4 is 17.4 Å². The highest BCUT2D eigenvalue weighted by Crippen LogP contribution is 2.33. The van der Waals surface area contributed by atoms with Crippen molar-refractivity contribution in [2.45, 2.75) is 25.3 Å².